The van der Waals surface area contributed by atoms with E-state index in [2.05, 4.69) is 18.7 Å². The summed E-state index contributed by atoms with van der Waals surface area (Å²) in [5, 5.41) is 0.562. The zero-order chi connectivity index (χ0) is 17.5. The van der Waals surface area contributed by atoms with Crippen molar-refractivity contribution in [2.75, 3.05) is 32.1 Å². The van der Waals surface area contributed by atoms with E-state index in [9.17, 15) is 9.59 Å². The molecule has 0 amide bonds. The maximum absolute atomic E-state index is 12.8. The first-order valence-electron chi connectivity index (χ1n) is 9.30. The SMILES string of the molecule is CCCC(=O)C1=C(N2CCOCC2)C[C@H](C[C@H](C)SCC)CC1=O. The maximum atomic E-state index is 12.8. The molecular formula is C19H31NO3S. The third-order valence-electron chi connectivity index (χ3n) is 4.79. The number of rotatable bonds is 8. The standard InChI is InChI=1S/C19H31NO3S/c1-4-6-17(21)19-16(20-7-9-23-10-8-20)12-15(13-18(19)22)11-14(3)24-5-2/h14-15H,4-13H2,1-3H3/t14-,15-/m0/s1. The van der Waals surface area contributed by atoms with Gasteiger partial charge in [-0.15, -0.1) is 0 Å². The molecule has 5 heteroatoms. The van der Waals surface area contributed by atoms with E-state index in [1.165, 1.54) is 0 Å². The van der Waals surface area contributed by atoms with Crippen LogP contribution in [-0.4, -0.2) is 53.8 Å². The molecule has 1 aliphatic heterocycles. The first-order chi connectivity index (χ1) is 11.6. The lowest BCUT2D eigenvalue weighted by molar-refractivity contribution is -0.123. The summed E-state index contributed by atoms with van der Waals surface area (Å²) in [5.74, 6) is 1.58. The molecule has 1 fully saturated rings. The Morgan fingerprint density at radius 3 is 2.62 bits per heavy atom. The van der Waals surface area contributed by atoms with E-state index in [1.807, 2.05) is 18.7 Å². The first kappa shape index (κ1) is 19.5. The average molecular weight is 354 g/mol. The van der Waals surface area contributed by atoms with Gasteiger partial charge in [0, 0.05) is 36.9 Å². The van der Waals surface area contributed by atoms with Crippen LogP contribution in [-0.2, 0) is 14.3 Å². The van der Waals surface area contributed by atoms with E-state index in [-0.39, 0.29) is 11.6 Å². The first-order valence-corrected chi connectivity index (χ1v) is 10.4. The lowest BCUT2D eigenvalue weighted by atomic mass is 9.81. The number of ether oxygens (including phenoxy) is 1. The maximum Gasteiger partial charge on any atom is 0.168 e. The van der Waals surface area contributed by atoms with Gasteiger partial charge in [0.05, 0.1) is 18.8 Å². The Labute approximate surface area is 150 Å². The van der Waals surface area contributed by atoms with Crippen molar-refractivity contribution >= 4 is 23.3 Å². The zero-order valence-electron chi connectivity index (χ0n) is 15.3. The Hall–Kier alpha value is -0.810. The molecule has 24 heavy (non-hydrogen) atoms. The van der Waals surface area contributed by atoms with Crippen LogP contribution < -0.4 is 0 Å². The van der Waals surface area contributed by atoms with Crippen molar-refractivity contribution in [3.8, 4) is 0 Å². The number of Topliss-reactive ketones (excluding diaryl/α,β-unsaturated/α-hetero) is 2. The van der Waals surface area contributed by atoms with Crippen molar-refractivity contribution in [3.63, 3.8) is 0 Å². The fraction of sp³-hybridized carbons (Fsp3) is 0.789. The molecule has 0 unspecified atom stereocenters. The fourth-order valence-corrected chi connectivity index (χ4v) is 4.73. The van der Waals surface area contributed by atoms with Gasteiger partial charge in [-0.1, -0.05) is 20.8 Å². The van der Waals surface area contributed by atoms with Crippen molar-refractivity contribution in [1.29, 1.82) is 0 Å². The Morgan fingerprint density at radius 1 is 1.29 bits per heavy atom. The van der Waals surface area contributed by atoms with Gasteiger partial charge in [-0.25, -0.2) is 0 Å². The third kappa shape index (κ3) is 5.09. The molecule has 0 N–H and O–H groups in total. The highest BCUT2D eigenvalue weighted by molar-refractivity contribution is 7.99. The highest BCUT2D eigenvalue weighted by Crippen LogP contribution is 2.35. The predicted molar refractivity (Wildman–Crippen MR) is 99.3 cm³/mol. The van der Waals surface area contributed by atoms with Crippen LogP contribution in [0.3, 0.4) is 0 Å². The number of thioether (sulfide) groups is 1. The van der Waals surface area contributed by atoms with Gasteiger partial charge in [0.1, 0.15) is 0 Å². The summed E-state index contributed by atoms with van der Waals surface area (Å²) in [7, 11) is 0. The van der Waals surface area contributed by atoms with Crippen LogP contribution in [0, 0.1) is 5.92 Å². The van der Waals surface area contributed by atoms with Gasteiger partial charge >= 0.3 is 0 Å². The number of hydrogen-bond donors (Lipinski definition) is 0. The van der Waals surface area contributed by atoms with Gasteiger partial charge in [-0.05, 0) is 30.9 Å². The summed E-state index contributed by atoms with van der Waals surface area (Å²) in [4.78, 5) is 27.6. The van der Waals surface area contributed by atoms with Crippen molar-refractivity contribution in [2.24, 2.45) is 5.92 Å². The summed E-state index contributed by atoms with van der Waals surface area (Å²) in [6.45, 7) is 9.35. The zero-order valence-corrected chi connectivity index (χ0v) is 16.1. The van der Waals surface area contributed by atoms with Gasteiger partial charge in [-0.2, -0.15) is 11.8 Å². The number of nitrogens with zero attached hydrogens (tertiary/aromatic N) is 1. The Balaban J connectivity index is 2.21. The van der Waals surface area contributed by atoms with Crippen LogP contribution in [0.15, 0.2) is 11.3 Å². The molecule has 2 rings (SSSR count). The number of carbonyl (C=O) groups excluding carboxylic acids is 2. The van der Waals surface area contributed by atoms with Gasteiger partial charge in [-0.3, -0.25) is 9.59 Å². The Bertz CT molecular complexity index is 483. The van der Waals surface area contributed by atoms with E-state index < -0.39 is 0 Å². The molecule has 0 bridgehead atoms. The topological polar surface area (TPSA) is 46.6 Å². The molecular weight excluding hydrogens is 322 g/mol. The smallest absolute Gasteiger partial charge is 0.168 e. The largest absolute Gasteiger partial charge is 0.378 e. The highest BCUT2D eigenvalue weighted by atomic mass is 32.2. The third-order valence-corrected chi connectivity index (χ3v) is 5.88. The van der Waals surface area contributed by atoms with E-state index in [1.54, 1.807) is 0 Å². The number of allylic oxidation sites excluding steroid dienone is 2. The predicted octanol–water partition coefficient (Wildman–Crippen LogP) is 3.45. The van der Waals surface area contributed by atoms with Gasteiger partial charge < -0.3 is 9.64 Å². The molecule has 2 atom stereocenters. The highest BCUT2D eigenvalue weighted by Gasteiger charge is 2.34. The Kier molecular flexibility index (Phi) is 7.82. The monoisotopic (exact) mass is 353 g/mol. The number of hydrogen-bond acceptors (Lipinski definition) is 5. The molecule has 0 spiro atoms. The molecule has 0 aromatic heterocycles. The summed E-state index contributed by atoms with van der Waals surface area (Å²) in [6.07, 6.45) is 3.72. The molecule has 0 aromatic carbocycles. The second-order valence-electron chi connectivity index (χ2n) is 6.79. The molecule has 2 aliphatic rings. The van der Waals surface area contributed by atoms with Crippen LogP contribution in [0.1, 0.15) is 52.9 Å². The molecule has 4 nitrogen and oxygen atoms in total. The molecule has 1 aliphatic carbocycles. The van der Waals surface area contributed by atoms with Crippen LogP contribution >= 0.6 is 11.8 Å². The minimum absolute atomic E-state index is 0.0402. The van der Waals surface area contributed by atoms with Crippen molar-refractivity contribution in [1.82, 2.24) is 4.90 Å². The quantitative estimate of drug-likeness (QED) is 0.626. The van der Waals surface area contributed by atoms with Gasteiger partial charge in [0.2, 0.25) is 0 Å². The summed E-state index contributed by atoms with van der Waals surface area (Å²) in [6, 6.07) is 0. The van der Waals surface area contributed by atoms with Gasteiger partial charge in [0.25, 0.3) is 0 Å². The van der Waals surface area contributed by atoms with Crippen LogP contribution in [0.5, 0.6) is 0 Å². The number of carbonyl (C=O) groups is 2. The summed E-state index contributed by atoms with van der Waals surface area (Å²) >= 11 is 1.95. The average Bonchev–Trinajstić information content (AvgIpc) is 2.55. The van der Waals surface area contributed by atoms with E-state index >= 15 is 0 Å². The van der Waals surface area contributed by atoms with Gasteiger partial charge in [0.15, 0.2) is 11.6 Å². The van der Waals surface area contributed by atoms with E-state index in [0.29, 0.717) is 42.8 Å². The molecule has 136 valence electrons. The van der Waals surface area contributed by atoms with Crippen molar-refractivity contribution in [3.05, 3.63) is 11.3 Å². The normalized spacial score (nSPS) is 23.5. The van der Waals surface area contributed by atoms with Crippen LogP contribution in [0.4, 0.5) is 0 Å². The second-order valence-corrected chi connectivity index (χ2v) is 8.51. The van der Waals surface area contributed by atoms with E-state index in [0.717, 1.165) is 43.8 Å². The van der Waals surface area contributed by atoms with Crippen LogP contribution in [0.2, 0.25) is 0 Å². The van der Waals surface area contributed by atoms with E-state index in [4.69, 9.17) is 4.74 Å². The van der Waals surface area contributed by atoms with Crippen LogP contribution in [0.25, 0.3) is 0 Å². The minimum atomic E-state index is 0.0402. The van der Waals surface area contributed by atoms with Crippen molar-refractivity contribution in [2.45, 2.75) is 58.1 Å². The Morgan fingerprint density at radius 2 is 2.00 bits per heavy atom. The minimum Gasteiger partial charge on any atom is -0.378 e. The van der Waals surface area contributed by atoms with Crippen molar-refractivity contribution < 1.29 is 14.3 Å². The number of ketones is 2. The lowest BCUT2D eigenvalue weighted by Crippen LogP contribution is -2.40. The molecule has 0 radical (unpaired) electrons. The summed E-state index contributed by atoms with van der Waals surface area (Å²) in [5.41, 5.74) is 1.51. The number of morpholine rings is 1. The molecule has 0 saturated carbocycles. The second kappa shape index (κ2) is 9.62. The summed E-state index contributed by atoms with van der Waals surface area (Å²) < 4.78 is 5.45. The molecule has 1 heterocycles. The fourth-order valence-electron chi connectivity index (χ4n) is 3.75. The lowest BCUT2D eigenvalue weighted by Gasteiger charge is -2.37. The molecule has 0 aromatic rings. The molecule has 1 saturated heterocycles.